The minimum absolute atomic E-state index is 0.0598. The zero-order valence-corrected chi connectivity index (χ0v) is 64.2. The summed E-state index contributed by atoms with van der Waals surface area (Å²) in [5, 5.41) is 10.6. The van der Waals surface area contributed by atoms with Crippen molar-refractivity contribution in [1.82, 2.24) is 0 Å². The van der Waals surface area contributed by atoms with Gasteiger partial charge in [0.2, 0.25) is 0 Å². The van der Waals surface area contributed by atoms with Crippen molar-refractivity contribution >= 4 is 132 Å². The van der Waals surface area contributed by atoms with Crippen LogP contribution in [0.25, 0.3) is 22.3 Å². The van der Waals surface area contributed by atoms with Gasteiger partial charge in [-0.25, -0.2) is 0 Å². The molecule has 0 saturated heterocycles. The Kier molecular flexibility index (Phi) is 16.5. The van der Waals surface area contributed by atoms with Crippen LogP contribution in [-0.4, -0.2) is 22.9 Å². The molecule has 15 aromatic carbocycles. The highest BCUT2D eigenvalue weighted by molar-refractivity contribution is 7.20. The second kappa shape index (κ2) is 26.4. The zero-order valence-electron chi connectivity index (χ0n) is 62.2. The van der Waals surface area contributed by atoms with Gasteiger partial charge in [0.25, 0.3) is 6.71 Å². The Labute approximate surface area is 634 Å². The van der Waals surface area contributed by atoms with Crippen LogP contribution in [0.3, 0.4) is 0 Å². The lowest BCUT2D eigenvalue weighted by molar-refractivity contribution is 0.590. The molecule has 0 spiro atoms. The summed E-state index contributed by atoms with van der Waals surface area (Å²) < 4.78 is 0. The first-order valence-corrected chi connectivity index (χ1v) is 41.9. The fourth-order valence-electron chi connectivity index (χ4n) is 18.2. The van der Waals surface area contributed by atoms with Gasteiger partial charge in [-0.2, -0.15) is 0 Å². The van der Waals surface area contributed by atoms with Gasteiger partial charge < -0.3 is 14.7 Å². The number of hydrogen-bond donors (Lipinski definition) is 0. The molecule has 516 valence electrons. The Morgan fingerprint density at radius 3 is 0.888 bits per heavy atom. The minimum atomic E-state index is -3.09. The standard InChI is InChI=1S/C101H86BN3Si2/c1-99(2,3)75-37-31-35-71(63-75)73-59-61-94-90(65-73)102-91-66-74(72-36-32-38-76(64-72)100(4,5)6)60-62-95(91)104(78-40-34-54-87(68-78)107(83-47-21-12-22-48-83,84-49-23-13-24-50-84)85-51-25-14-26-52-85)97-70-79(105-92-57-29-27-55-88(92)101(7,8)89-56-28-30-58-93(89)105)69-96(98(97)102)103(94)77-39-33-53-86(67-77)106(80-41-15-9-16-42-80,81-43-17-10-18-44-81)82-45-19-11-20-46-82/h9-70H,1-8H3. The molecular weight excluding hydrogens is 1320 g/mol. The van der Waals surface area contributed by atoms with Gasteiger partial charge in [0.15, 0.2) is 16.1 Å². The van der Waals surface area contributed by atoms with Crippen molar-refractivity contribution in [1.29, 1.82) is 0 Å². The number of nitrogens with zero attached hydrogens (tertiary/aromatic N) is 3. The van der Waals surface area contributed by atoms with Crippen LogP contribution in [-0.2, 0) is 16.2 Å². The lowest BCUT2D eigenvalue weighted by Gasteiger charge is -2.46. The van der Waals surface area contributed by atoms with Gasteiger partial charge in [0.1, 0.15) is 0 Å². The van der Waals surface area contributed by atoms with Crippen LogP contribution >= 0.6 is 0 Å². The topological polar surface area (TPSA) is 9.72 Å². The van der Waals surface area contributed by atoms with Crippen molar-refractivity contribution in [2.24, 2.45) is 0 Å². The van der Waals surface area contributed by atoms with Crippen molar-refractivity contribution in [3.05, 3.63) is 398 Å². The highest BCUT2D eigenvalue weighted by Gasteiger charge is 2.48. The molecular formula is C101H86BN3Si2. The molecule has 107 heavy (non-hydrogen) atoms. The molecule has 3 heterocycles. The van der Waals surface area contributed by atoms with E-state index in [4.69, 9.17) is 0 Å². The number of benzene rings is 15. The highest BCUT2D eigenvalue weighted by Crippen LogP contribution is 2.55. The summed E-state index contributed by atoms with van der Waals surface area (Å²) in [5.41, 5.74) is 23.5. The Hall–Kier alpha value is -11.8. The molecule has 0 fully saturated rings. The van der Waals surface area contributed by atoms with E-state index in [1.165, 1.54) is 114 Å². The van der Waals surface area contributed by atoms with E-state index in [-0.39, 0.29) is 23.0 Å². The molecule has 0 aliphatic carbocycles. The van der Waals surface area contributed by atoms with Crippen molar-refractivity contribution in [2.45, 2.75) is 71.6 Å². The molecule has 3 aliphatic heterocycles. The highest BCUT2D eigenvalue weighted by atomic mass is 28.3. The molecule has 0 radical (unpaired) electrons. The van der Waals surface area contributed by atoms with Gasteiger partial charge >= 0.3 is 0 Å². The van der Waals surface area contributed by atoms with Gasteiger partial charge in [-0.1, -0.05) is 371 Å². The fourth-order valence-corrected chi connectivity index (χ4v) is 27.8. The van der Waals surface area contributed by atoms with Crippen LogP contribution in [0.1, 0.15) is 77.6 Å². The largest absolute Gasteiger partial charge is 0.311 e. The van der Waals surface area contributed by atoms with E-state index in [0.29, 0.717) is 0 Å². The van der Waals surface area contributed by atoms with E-state index < -0.39 is 16.1 Å². The maximum atomic E-state index is 2.67. The van der Waals surface area contributed by atoms with Gasteiger partial charge in [-0.15, -0.1) is 0 Å². The van der Waals surface area contributed by atoms with Crippen molar-refractivity contribution in [3.63, 3.8) is 0 Å². The van der Waals surface area contributed by atoms with Gasteiger partial charge in [-0.3, -0.25) is 0 Å². The van der Waals surface area contributed by atoms with Gasteiger partial charge in [0.05, 0.1) is 17.1 Å². The second-order valence-electron chi connectivity index (χ2n) is 32.0. The molecule has 0 unspecified atom stereocenters. The normalized spacial score (nSPS) is 13.6. The molecule has 0 saturated carbocycles. The monoisotopic (exact) mass is 1410 g/mol. The quantitative estimate of drug-likeness (QED) is 0.0841. The molecule has 0 bridgehead atoms. The Balaban J connectivity index is 0.988. The lowest BCUT2D eigenvalue weighted by atomic mass is 9.33. The first-order valence-electron chi connectivity index (χ1n) is 37.9. The van der Waals surface area contributed by atoms with E-state index in [9.17, 15) is 0 Å². The lowest BCUT2D eigenvalue weighted by Crippen LogP contribution is -2.74. The first kappa shape index (κ1) is 67.1. The summed E-state index contributed by atoms with van der Waals surface area (Å²) >= 11 is 0. The van der Waals surface area contributed by atoms with E-state index >= 15 is 0 Å². The van der Waals surface area contributed by atoms with Gasteiger partial charge in [0, 0.05) is 39.5 Å². The summed E-state index contributed by atoms with van der Waals surface area (Å²) in [6.07, 6.45) is 0. The minimum Gasteiger partial charge on any atom is -0.311 e. The number of anilines is 9. The van der Waals surface area contributed by atoms with E-state index in [2.05, 4.69) is 446 Å². The van der Waals surface area contributed by atoms with Crippen molar-refractivity contribution in [2.75, 3.05) is 14.7 Å². The molecule has 0 amide bonds. The SMILES string of the molecule is CC(C)(C)c1cccc(-c2ccc3c(c2)B2c4cc(-c5cccc(C(C)(C)C)c5)ccc4N(c4cccc([Si](c5ccccc5)(c5ccccc5)c5ccccc5)c4)c4cc(N5c6ccccc6C(C)(C)c6ccccc65)cc(c42)N3c2cccc([Si](c3ccccc3)(c3ccccc3)c3ccccc3)c2)c1. The Bertz CT molecular complexity index is 5300. The third kappa shape index (κ3) is 11.1. The van der Waals surface area contributed by atoms with Crippen LogP contribution in [0.2, 0.25) is 0 Å². The predicted molar refractivity (Wildman–Crippen MR) is 463 cm³/mol. The number of hydrogen-bond acceptors (Lipinski definition) is 3. The molecule has 3 aliphatic rings. The van der Waals surface area contributed by atoms with Crippen LogP contribution in [0.4, 0.5) is 51.2 Å². The maximum absolute atomic E-state index is 3.09. The molecule has 3 nitrogen and oxygen atoms in total. The predicted octanol–water partition coefficient (Wildman–Crippen LogP) is 18.6. The summed E-state index contributed by atoms with van der Waals surface area (Å²) in [5.74, 6) is 0. The summed E-state index contributed by atoms with van der Waals surface area (Å²) in [6, 6.07) is 145. The van der Waals surface area contributed by atoms with Crippen molar-refractivity contribution < 1.29 is 0 Å². The van der Waals surface area contributed by atoms with Crippen LogP contribution in [0.15, 0.2) is 376 Å². The van der Waals surface area contributed by atoms with E-state index in [0.717, 1.165) is 39.8 Å². The summed E-state index contributed by atoms with van der Waals surface area (Å²) in [6.45, 7) is 18.5. The number of rotatable bonds is 13. The number of fused-ring (bicyclic) bond motifs is 6. The van der Waals surface area contributed by atoms with Gasteiger partial charge in [-0.05, 0) is 174 Å². The molecule has 15 aromatic rings. The first-order chi connectivity index (χ1) is 52.1. The maximum Gasteiger partial charge on any atom is 0.252 e. The molecule has 0 aromatic heterocycles. The number of para-hydroxylation sites is 2. The summed E-state index contributed by atoms with van der Waals surface area (Å²) in [4.78, 5) is 7.93. The Morgan fingerprint density at radius 2 is 0.542 bits per heavy atom. The average Bonchev–Trinajstić information content (AvgIpc) is 0.690. The second-order valence-corrected chi connectivity index (χ2v) is 39.6. The van der Waals surface area contributed by atoms with E-state index in [1.54, 1.807) is 0 Å². The molecule has 6 heteroatoms. The Morgan fingerprint density at radius 1 is 0.243 bits per heavy atom. The van der Waals surface area contributed by atoms with E-state index in [1.807, 2.05) is 0 Å². The molecule has 0 N–H and O–H groups in total. The van der Waals surface area contributed by atoms with Crippen LogP contribution in [0, 0.1) is 0 Å². The third-order valence-electron chi connectivity index (χ3n) is 23.4. The summed E-state index contributed by atoms with van der Waals surface area (Å²) in [7, 11) is -6.19. The van der Waals surface area contributed by atoms with Crippen LogP contribution in [0.5, 0.6) is 0 Å². The smallest absolute Gasteiger partial charge is 0.252 e. The fraction of sp³-hybridized carbons (Fsp3) is 0.109. The zero-order chi connectivity index (χ0) is 72.8. The average molecular weight is 1410 g/mol. The third-order valence-corrected chi connectivity index (χ3v) is 32.9. The molecule has 0 atom stereocenters. The van der Waals surface area contributed by atoms with Crippen LogP contribution < -0.4 is 72.6 Å². The molecule has 18 rings (SSSR count). The van der Waals surface area contributed by atoms with Crippen molar-refractivity contribution in [3.8, 4) is 22.3 Å².